The first-order valence-electron chi connectivity index (χ1n) is 9.20. The van der Waals surface area contributed by atoms with Crippen LogP contribution in [-0.2, 0) is 16.0 Å². The monoisotopic (exact) mass is 418 g/mol. The van der Waals surface area contributed by atoms with Crippen LogP contribution >= 0.6 is 11.3 Å². The van der Waals surface area contributed by atoms with E-state index in [4.69, 9.17) is 4.42 Å². The molecule has 2 aromatic heterocycles. The van der Waals surface area contributed by atoms with E-state index >= 15 is 0 Å². The molecule has 0 saturated carbocycles. The third-order valence-electron chi connectivity index (χ3n) is 4.17. The first-order chi connectivity index (χ1) is 14.6. The minimum atomic E-state index is -0.218. The Morgan fingerprint density at radius 1 is 0.967 bits per heavy atom. The average molecular weight is 418 g/mol. The van der Waals surface area contributed by atoms with Crippen LogP contribution in [0.4, 0.5) is 10.8 Å². The van der Waals surface area contributed by atoms with Gasteiger partial charge in [0, 0.05) is 29.1 Å². The fraction of sp³-hybridized carbons (Fsp3) is 0.0909. The van der Waals surface area contributed by atoms with Gasteiger partial charge in [0.1, 0.15) is 6.26 Å². The molecule has 0 radical (unpaired) electrons. The van der Waals surface area contributed by atoms with Crippen molar-refractivity contribution >= 4 is 34.0 Å². The molecule has 0 spiro atoms. The Hall–Kier alpha value is -3.78. The van der Waals surface area contributed by atoms with Gasteiger partial charge < -0.3 is 15.1 Å². The van der Waals surface area contributed by atoms with E-state index in [1.54, 1.807) is 0 Å². The summed E-state index contributed by atoms with van der Waals surface area (Å²) in [6, 6.07) is 16.9. The number of oxazole rings is 1. The van der Waals surface area contributed by atoms with Gasteiger partial charge >= 0.3 is 0 Å². The molecular weight excluding hydrogens is 400 g/mol. The number of benzene rings is 2. The number of nitrogens with zero attached hydrogens (tertiary/aromatic N) is 2. The highest BCUT2D eigenvalue weighted by molar-refractivity contribution is 7.14. The maximum atomic E-state index is 12.4. The molecule has 0 saturated heterocycles. The highest BCUT2D eigenvalue weighted by atomic mass is 32.1. The van der Waals surface area contributed by atoms with E-state index in [9.17, 15) is 9.59 Å². The number of aromatic nitrogens is 2. The summed E-state index contributed by atoms with van der Waals surface area (Å²) in [5, 5.41) is 7.89. The van der Waals surface area contributed by atoms with Gasteiger partial charge in [-0.15, -0.1) is 11.3 Å². The summed E-state index contributed by atoms with van der Waals surface area (Å²) in [7, 11) is 0. The van der Waals surface area contributed by atoms with Crippen LogP contribution < -0.4 is 10.6 Å². The van der Waals surface area contributed by atoms with Crippen LogP contribution in [0, 0.1) is 0 Å². The molecule has 0 aliphatic carbocycles. The summed E-state index contributed by atoms with van der Waals surface area (Å²) < 4.78 is 5.47. The van der Waals surface area contributed by atoms with Crippen LogP contribution in [0.15, 0.2) is 70.7 Å². The van der Waals surface area contributed by atoms with Gasteiger partial charge in [0.15, 0.2) is 5.13 Å². The van der Waals surface area contributed by atoms with Crippen LogP contribution in [-0.4, -0.2) is 21.8 Å². The first kappa shape index (κ1) is 19.5. The Labute approximate surface area is 176 Å². The van der Waals surface area contributed by atoms with Crippen molar-refractivity contribution in [2.75, 3.05) is 10.6 Å². The fourth-order valence-corrected chi connectivity index (χ4v) is 3.56. The van der Waals surface area contributed by atoms with Crippen LogP contribution in [0.3, 0.4) is 0 Å². The lowest BCUT2D eigenvalue weighted by molar-refractivity contribution is -0.116. The zero-order valence-electron chi connectivity index (χ0n) is 16.1. The van der Waals surface area contributed by atoms with Crippen LogP contribution in [0.5, 0.6) is 0 Å². The maximum absolute atomic E-state index is 12.4. The third kappa shape index (κ3) is 4.79. The lowest BCUT2D eigenvalue weighted by atomic mass is 10.1. The van der Waals surface area contributed by atoms with Crippen molar-refractivity contribution < 1.29 is 14.0 Å². The Morgan fingerprint density at radius 2 is 1.73 bits per heavy atom. The molecule has 30 heavy (non-hydrogen) atoms. The summed E-state index contributed by atoms with van der Waals surface area (Å²) in [4.78, 5) is 32.3. The van der Waals surface area contributed by atoms with Gasteiger partial charge in [-0.05, 0) is 24.3 Å². The minimum absolute atomic E-state index is 0.0939. The Kier molecular flexibility index (Phi) is 5.67. The quantitative estimate of drug-likeness (QED) is 0.477. The highest BCUT2D eigenvalue weighted by Crippen LogP contribution is 2.26. The van der Waals surface area contributed by atoms with Crippen molar-refractivity contribution in [3.05, 3.63) is 71.9 Å². The number of anilines is 2. The van der Waals surface area contributed by atoms with Crippen molar-refractivity contribution in [2.45, 2.75) is 13.3 Å². The van der Waals surface area contributed by atoms with E-state index in [-0.39, 0.29) is 18.2 Å². The molecule has 8 heteroatoms. The second kappa shape index (κ2) is 8.71. The first-order valence-corrected chi connectivity index (χ1v) is 10.1. The van der Waals surface area contributed by atoms with Crippen molar-refractivity contribution in [1.29, 1.82) is 0 Å². The molecule has 0 bridgehead atoms. The largest absolute Gasteiger partial charge is 0.444 e. The average Bonchev–Trinajstić information content (AvgIpc) is 3.39. The fourth-order valence-electron chi connectivity index (χ4n) is 2.82. The van der Waals surface area contributed by atoms with E-state index in [1.165, 1.54) is 24.5 Å². The van der Waals surface area contributed by atoms with Crippen molar-refractivity contribution in [3.63, 3.8) is 0 Å². The number of amides is 2. The van der Waals surface area contributed by atoms with Gasteiger partial charge in [-0.2, -0.15) is 0 Å². The van der Waals surface area contributed by atoms with Crippen LogP contribution in [0.1, 0.15) is 12.6 Å². The van der Waals surface area contributed by atoms with Gasteiger partial charge in [-0.25, -0.2) is 9.97 Å². The SMILES string of the molecule is CC(=O)Nc1ccc(-c2csc(NC(=O)Cc3coc(-c4ccccc4)n3)n2)cc1. The van der Waals surface area contributed by atoms with E-state index in [2.05, 4.69) is 20.6 Å². The molecule has 4 aromatic rings. The van der Waals surface area contributed by atoms with E-state index < -0.39 is 0 Å². The minimum Gasteiger partial charge on any atom is -0.444 e. The summed E-state index contributed by atoms with van der Waals surface area (Å²) in [5.41, 5.74) is 3.77. The van der Waals surface area contributed by atoms with E-state index in [0.29, 0.717) is 16.7 Å². The molecule has 2 heterocycles. The van der Waals surface area contributed by atoms with Gasteiger partial charge in [0.25, 0.3) is 0 Å². The predicted octanol–water partition coefficient (Wildman–Crippen LogP) is 4.60. The molecule has 2 aromatic carbocycles. The Balaban J connectivity index is 1.37. The second-order valence-electron chi connectivity index (χ2n) is 6.53. The molecule has 150 valence electrons. The molecule has 0 aliphatic rings. The molecule has 2 N–H and O–H groups in total. The lowest BCUT2D eigenvalue weighted by Crippen LogP contribution is -2.14. The summed E-state index contributed by atoms with van der Waals surface area (Å²) >= 11 is 1.34. The second-order valence-corrected chi connectivity index (χ2v) is 7.39. The molecule has 0 fully saturated rings. The van der Waals surface area contributed by atoms with Crippen molar-refractivity contribution in [3.8, 4) is 22.7 Å². The molecule has 0 atom stereocenters. The topological polar surface area (TPSA) is 97.1 Å². The Bertz CT molecular complexity index is 1170. The summed E-state index contributed by atoms with van der Waals surface area (Å²) in [6.07, 6.45) is 1.59. The molecule has 4 rings (SSSR count). The normalized spacial score (nSPS) is 10.6. The van der Waals surface area contributed by atoms with Crippen LogP contribution in [0.2, 0.25) is 0 Å². The number of carbonyl (C=O) groups excluding carboxylic acids is 2. The molecule has 2 amide bonds. The number of carbonyl (C=O) groups is 2. The molecule has 0 aliphatic heterocycles. The van der Waals surface area contributed by atoms with E-state index in [0.717, 1.165) is 22.5 Å². The van der Waals surface area contributed by atoms with Gasteiger partial charge in [-0.3, -0.25) is 9.59 Å². The van der Waals surface area contributed by atoms with Crippen molar-refractivity contribution in [2.24, 2.45) is 0 Å². The molecular formula is C22H18N4O3S. The summed E-state index contributed by atoms with van der Waals surface area (Å²) in [5.74, 6) is 0.145. The smallest absolute Gasteiger partial charge is 0.232 e. The highest BCUT2D eigenvalue weighted by Gasteiger charge is 2.13. The van der Waals surface area contributed by atoms with E-state index in [1.807, 2.05) is 60.0 Å². The van der Waals surface area contributed by atoms with Crippen molar-refractivity contribution in [1.82, 2.24) is 9.97 Å². The zero-order chi connectivity index (χ0) is 20.9. The number of rotatable bonds is 6. The van der Waals surface area contributed by atoms with Crippen LogP contribution in [0.25, 0.3) is 22.7 Å². The third-order valence-corrected chi connectivity index (χ3v) is 4.92. The number of hydrogen-bond acceptors (Lipinski definition) is 6. The maximum Gasteiger partial charge on any atom is 0.232 e. The number of hydrogen-bond donors (Lipinski definition) is 2. The van der Waals surface area contributed by atoms with Gasteiger partial charge in [-0.1, -0.05) is 30.3 Å². The van der Waals surface area contributed by atoms with Gasteiger partial charge in [0.05, 0.1) is 17.8 Å². The van der Waals surface area contributed by atoms with Gasteiger partial charge in [0.2, 0.25) is 17.7 Å². The standard InChI is InChI=1S/C22H18N4O3S/c1-14(27)23-17-9-7-15(8-10-17)19-13-30-22(25-19)26-20(28)11-18-12-29-21(24-18)16-5-3-2-4-6-16/h2-10,12-13H,11H2,1H3,(H,23,27)(H,25,26,28). The predicted molar refractivity (Wildman–Crippen MR) is 116 cm³/mol. The zero-order valence-corrected chi connectivity index (χ0v) is 16.9. The Morgan fingerprint density at radius 3 is 2.47 bits per heavy atom. The lowest BCUT2D eigenvalue weighted by Gasteiger charge is -2.03. The molecule has 7 nitrogen and oxygen atoms in total. The number of nitrogens with one attached hydrogen (secondary N) is 2. The number of thiazole rings is 1. The molecule has 0 unspecified atom stereocenters. The summed E-state index contributed by atoms with van der Waals surface area (Å²) in [6.45, 7) is 1.46.